The average molecular weight is 234 g/mol. The van der Waals surface area contributed by atoms with Gasteiger partial charge in [-0.3, -0.25) is 9.00 Å². The van der Waals surface area contributed by atoms with Crippen LogP contribution in [0.1, 0.15) is 32.1 Å². The summed E-state index contributed by atoms with van der Waals surface area (Å²) in [5.74, 6) is 0.752. The predicted octanol–water partition coefficient (Wildman–Crippen LogP) is 0.390. The Morgan fingerprint density at radius 2 is 2.00 bits per heavy atom. The molecule has 0 aromatic rings. The molecule has 0 aromatic carbocycles. The SMILES string of the molecule is CS(=O)CCCNC(=O)CCCCCN. The number of carbonyl (C=O) groups is 1. The third-order valence-corrected chi connectivity index (χ3v) is 2.90. The van der Waals surface area contributed by atoms with Crippen molar-refractivity contribution in [3.8, 4) is 0 Å². The molecule has 0 bridgehead atoms. The van der Waals surface area contributed by atoms with E-state index in [9.17, 15) is 9.00 Å². The molecule has 1 unspecified atom stereocenters. The molecule has 15 heavy (non-hydrogen) atoms. The molecule has 1 amide bonds. The number of hydrogen-bond acceptors (Lipinski definition) is 3. The summed E-state index contributed by atoms with van der Waals surface area (Å²) in [6.45, 7) is 1.33. The number of nitrogens with two attached hydrogens (primary N) is 1. The summed E-state index contributed by atoms with van der Waals surface area (Å²) >= 11 is 0. The minimum Gasteiger partial charge on any atom is -0.356 e. The smallest absolute Gasteiger partial charge is 0.219 e. The Kier molecular flexibility index (Phi) is 9.83. The molecule has 4 nitrogen and oxygen atoms in total. The van der Waals surface area contributed by atoms with Crippen molar-refractivity contribution < 1.29 is 9.00 Å². The second-order valence-corrected chi connectivity index (χ2v) is 5.13. The highest BCUT2D eigenvalue weighted by atomic mass is 32.2. The van der Waals surface area contributed by atoms with Gasteiger partial charge in [0.05, 0.1) is 0 Å². The number of nitrogens with one attached hydrogen (secondary N) is 1. The first-order valence-electron chi connectivity index (χ1n) is 5.43. The maximum absolute atomic E-state index is 11.2. The third-order valence-electron chi connectivity index (χ3n) is 2.04. The predicted molar refractivity (Wildman–Crippen MR) is 64.1 cm³/mol. The zero-order valence-electron chi connectivity index (χ0n) is 9.46. The lowest BCUT2D eigenvalue weighted by Crippen LogP contribution is -2.25. The molecule has 0 radical (unpaired) electrons. The van der Waals surface area contributed by atoms with Crippen molar-refractivity contribution >= 4 is 16.7 Å². The molecule has 0 saturated carbocycles. The fourth-order valence-corrected chi connectivity index (χ4v) is 1.75. The lowest BCUT2D eigenvalue weighted by Gasteiger charge is -2.03. The Labute approximate surface area is 94.4 Å². The molecule has 0 saturated heterocycles. The van der Waals surface area contributed by atoms with E-state index in [0.29, 0.717) is 25.3 Å². The lowest BCUT2D eigenvalue weighted by molar-refractivity contribution is -0.121. The van der Waals surface area contributed by atoms with E-state index in [0.717, 1.165) is 25.7 Å². The van der Waals surface area contributed by atoms with Crippen LogP contribution in [-0.2, 0) is 15.6 Å². The third kappa shape index (κ3) is 11.5. The quantitative estimate of drug-likeness (QED) is 0.567. The highest BCUT2D eigenvalue weighted by Crippen LogP contribution is 1.98. The van der Waals surface area contributed by atoms with Crippen molar-refractivity contribution in [1.29, 1.82) is 0 Å². The highest BCUT2D eigenvalue weighted by Gasteiger charge is 2.00. The topological polar surface area (TPSA) is 72.2 Å². The van der Waals surface area contributed by atoms with Gasteiger partial charge in [-0.1, -0.05) is 6.42 Å². The van der Waals surface area contributed by atoms with E-state index >= 15 is 0 Å². The van der Waals surface area contributed by atoms with Crippen LogP contribution in [0.2, 0.25) is 0 Å². The second kappa shape index (κ2) is 10.1. The minimum atomic E-state index is -0.754. The number of unbranched alkanes of at least 4 members (excludes halogenated alkanes) is 2. The highest BCUT2D eigenvalue weighted by molar-refractivity contribution is 7.84. The summed E-state index contributed by atoms with van der Waals surface area (Å²) < 4.78 is 10.7. The van der Waals surface area contributed by atoms with E-state index in [2.05, 4.69) is 5.32 Å². The van der Waals surface area contributed by atoms with Gasteiger partial charge >= 0.3 is 0 Å². The molecule has 0 heterocycles. The first-order valence-corrected chi connectivity index (χ1v) is 7.16. The van der Waals surface area contributed by atoms with Crippen LogP contribution in [0.25, 0.3) is 0 Å². The van der Waals surface area contributed by atoms with Gasteiger partial charge < -0.3 is 11.1 Å². The Hall–Kier alpha value is -0.420. The molecule has 0 aliphatic rings. The summed E-state index contributed by atoms with van der Waals surface area (Å²) in [4.78, 5) is 11.2. The molecule has 0 spiro atoms. The van der Waals surface area contributed by atoms with Crippen LogP contribution in [0, 0.1) is 0 Å². The van der Waals surface area contributed by atoms with Crippen LogP contribution in [0.4, 0.5) is 0 Å². The lowest BCUT2D eigenvalue weighted by atomic mass is 10.2. The van der Waals surface area contributed by atoms with Crippen LogP contribution < -0.4 is 11.1 Å². The summed E-state index contributed by atoms with van der Waals surface area (Å²) in [6, 6.07) is 0. The van der Waals surface area contributed by atoms with Gasteiger partial charge in [-0.25, -0.2) is 0 Å². The average Bonchev–Trinajstić information content (AvgIpc) is 2.19. The molecule has 0 aromatic heterocycles. The second-order valence-electron chi connectivity index (χ2n) is 3.58. The molecular weight excluding hydrogens is 212 g/mol. The van der Waals surface area contributed by atoms with Gasteiger partial charge in [0.15, 0.2) is 0 Å². The molecule has 5 heteroatoms. The first kappa shape index (κ1) is 14.6. The maximum atomic E-state index is 11.2. The molecule has 90 valence electrons. The normalized spacial score (nSPS) is 12.4. The van der Waals surface area contributed by atoms with Crippen LogP contribution >= 0.6 is 0 Å². The van der Waals surface area contributed by atoms with Gasteiger partial charge in [0.2, 0.25) is 5.91 Å². The molecule has 0 aliphatic carbocycles. The largest absolute Gasteiger partial charge is 0.356 e. The van der Waals surface area contributed by atoms with Gasteiger partial charge in [0.1, 0.15) is 0 Å². The zero-order valence-corrected chi connectivity index (χ0v) is 10.3. The van der Waals surface area contributed by atoms with Crippen molar-refractivity contribution in [3.63, 3.8) is 0 Å². The van der Waals surface area contributed by atoms with E-state index in [4.69, 9.17) is 5.73 Å². The minimum absolute atomic E-state index is 0.0916. The fourth-order valence-electron chi connectivity index (χ4n) is 1.20. The van der Waals surface area contributed by atoms with E-state index in [1.165, 1.54) is 0 Å². The van der Waals surface area contributed by atoms with Crippen molar-refractivity contribution in [2.45, 2.75) is 32.1 Å². The van der Waals surface area contributed by atoms with E-state index in [1.54, 1.807) is 6.26 Å². The van der Waals surface area contributed by atoms with Crippen molar-refractivity contribution in [2.24, 2.45) is 5.73 Å². The van der Waals surface area contributed by atoms with Gasteiger partial charge in [0.25, 0.3) is 0 Å². The van der Waals surface area contributed by atoms with Crippen molar-refractivity contribution in [3.05, 3.63) is 0 Å². The Bertz CT molecular complexity index is 198. The Morgan fingerprint density at radius 1 is 1.27 bits per heavy atom. The fraction of sp³-hybridized carbons (Fsp3) is 0.900. The van der Waals surface area contributed by atoms with Crippen LogP contribution in [-0.4, -0.2) is 35.2 Å². The molecule has 1 atom stereocenters. The number of rotatable bonds is 9. The summed E-state index contributed by atoms with van der Waals surface area (Å²) in [5, 5.41) is 2.81. The Balaban J connectivity index is 3.22. The Morgan fingerprint density at radius 3 is 2.60 bits per heavy atom. The number of carbonyl (C=O) groups excluding carboxylic acids is 1. The zero-order chi connectivity index (χ0) is 11.5. The standard InChI is InChI=1S/C10H22N2O2S/c1-15(14)9-5-8-12-10(13)6-3-2-4-7-11/h2-9,11H2,1H3,(H,12,13). The van der Waals surface area contributed by atoms with Crippen molar-refractivity contribution in [2.75, 3.05) is 25.1 Å². The van der Waals surface area contributed by atoms with E-state index in [-0.39, 0.29) is 5.91 Å². The molecule has 3 N–H and O–H groups in total. The van der Waals surface area contributed by atoms with Gasteiger partial charge in [-0.15, -0.1) is 0 Å². The van der Waals surface area contributed by atoms with Crippen LogP contribution in [0.3, 0.4) is 0 Å². The first-order chi connectivity index (χ1) is 7.16. The maximum Gasteiger partial charge on any atom is 0.219 e. The molecule has 0 aliphatic heterocycles. The summed E-state index contributed by atoms with van der Waals surface area (Å²) in [6.07, 6.45) is 5.95. The van der Waals surface area contributed by atoms with Gasteiger partial charge in [0, 0.05) is 35.8 Å². The summed E-state index contributed by atoms with van der Waals surface area (Å²) in [5.41, 5.74) is 5.34. The van der Waals surface area contributed by atoms with E-state index < -0.39 is 10.8 Å². The molecule has 0 rings (SSSR count). The molecular formula is C10H22N2O2S. The van der Waals surface area contributed by atoms with Gasteiger partial charge in [-0.05, 0) is 25.8 Å². The number of amides is 1. The van der Waals surface area contributed by atoms with Crippen molar-refractivity contribution in [1.82, 2.24) is 5.32 Å². The van der Waals surface area contributed by atoms with E-state index in [1.807, 2.05) is 0 Å². The number of hydrogen-bond donors (Lipinski definition) is 2. The molecule has 0 fully saturated rings. The summed E-state index contributed by atoms with van der Waals surface area (Å²) in [7, 11) is -0.754. The van der Waals surface area contributed by atoms with Crippen LogP contribution in [0.15, 0.2) is 0 Å². The van der Waals surface area contributed by atoms with Gasteiger partial charge in [-0.2, -0.15) is 0 Å². The van der Waals surface area contributed by atoms with Crippen LogP contribution in [0.5, 0.6) is 0 Å². The monoisotopic (exact) mass is 234 g/mol.